The molecule has 1 aromatic rings. The van der Waals surface area contributed by atoms with Crippen LogP contribution in [0, 0.1) is 11.3 Å². The fraction of sp³-hybridized carbons (Fsp3) is 0.600. The van der Waals surface area contributed by atoms with Gasteiger partial charge in [0.05, 0.1) is 0 Å². The molecule has 2 unspecified atom stereocenters. The van der Waals surface area contributed by atoms with Crippen LogP contribution in [0.1, 0.15) is 44.7 Å². The first-order valence-corrected chi connectivity index (χ1v) is 7.75. The maximum atomic E-state index is 6.40. The van der Waals surface area contributed by atoms with Crippen LogP contribution in [0.2, 0.25) is 5.02 Å². The minimum atomic E-state index is 0.325. The first kappa shape index (κ1) is 14.4. The van der Waals surface area contributed by atoms with Gasteiger partial charge in [0.25, 0.3) is 0 Å². The van der Waals surface area contributed by atoms with E-state index < -0.39 is 0 Å². The molecule has 0 radical (unpaired) electrons. The highest BCUT2D eigenvalue weighted by Crippen LogP contribution is 2.50. The highest BCUT2D eigenvalue weighted by Gasteiger charge is 2.40. The number of nitrogens with one attached hydrogen (secondary N) is 1. The molecule has 1 fully saturated rings. The first-order valence-electron chi connectivity index (χ1n) is 6.58. The summed E-state index contributed by atoms with van der Waals surface area (Å²) < 4.78 is 1.11. The minimum absolute atomic E-state index is 0.325. The molecule has 0 spiro atoms. The summed E-state index contributed by atoms with van der Waals surface area (Å²) in [6, 6.07) is 6.37. The van der Waals surface area contributed by atoms with Gasteiger partial charge in [-0.1, -0.05) is 53.9 Å². The fourth-order valence-electron chi connectivity index (χ4n) is 3.33. The number of hydrogen-bond donors (Lipinski definition) is 1. The Morgan fingerprint density at radius 3 is 2.67 bits per heavy atom. The Kier molecular flexibility index (Phi) is 4.40. The lowest BCUT2D eigenvalue weighted by Gasteiger charge is -2.35. The van der Waals surface area contributed by atoms with Gasteiger partial charge in [-0.05, 0) is 43.4 Å². The smallest absolute Gasteiger partial charge is 0.0465 e. The third kappa shape index (κ3) is 2.61. The first-order chi connectivity index (χ1) is 8.47. The monoisotopic (exact) mass is 329 g/mol. The standard InChI is InChI=1S/C15H21BrClN/c1-15(2)9-5-6-10(15)14(18-3)13-11(16)7-4-8-12(13)17/h4,7-8,10,14,18H,5-6,9H2,1-3H3. The van der Waals surface area contributed by atoms with Gasteiger partial charge in [-0.2, -0.15) is 0 Å². The maximum Gasteiger partial charge on any atom is 0.0465 e. The highest BCUT2D eigenvalue weighted by molar-refractivity contribution is 9.10. The molecule has 18 heavy (non-hydrogen) atoms. The molecule has 1 aliphatic rings. The van der Waals surface area contributed by atoms with Crippen molar-refractivity contribution in [3.8, 4) is 0 Å². The molecule has 0 bridgehead atoms. The zero-order valence-corrected chi connectivity index (χ0v) is 13.6. The maximum absolute atomic E-state index is 6.40. The van der Waals surface area contributed by atoms with Crippen molar-refractivity contribution >= 4 is 27.5 Å². The van der Waals surface area contributed by atoms with E-state index in [1.807, 2.05) is 19.2 Å². The second-order valence-electron chi connectivity index (χ2n) is 5.89. The molecule has 1 saturated carbocycles. The Balaban J connectivity index is 2.40. The van der Waals surface area contributed by atoms with E-state index in [4.69, 9.17) is 11.6 Å². The van der Waals surface area contributed by atoms with Gasteiger partial charge in [0.2, 0.25) is 0 Å². The van der Waals surface area contributed by atoms with Crippen molar-refractivity contribution in [2.24, 2.45) is 11.3 Å². The van der Waals surface area contributed by atoms with Crippen molar-refractivity contribution in [1.82, 2.24) is 5.32 Å². The normalized spacial score (nSPS) is 24.2. The van der Waals surface area contributed by atoms with Gasteiger partial charge in [-0.15, -0.1) is 0 Å². The molecule has 100 valence electrons. The molecule has 1 aromatic carbocycles. The van der Waals surface area contributed by atoms with Gasteiger partial charge in [-0.25, -0.2) is 0 Å². The Morgan fingerprint density at radius 2 is 2.17 bits per heavy atom. The van der Waals surface area contributed by atoms with Crippen molar-refractivity contribution in [3.05, 3.63) is 33.3 Å². The van der Waals surface area contributed by atoms with E-state index in [1.54, 1.807) is 0 Å². The van der Waals surface area contributed by atoms with Crippen molar-refractivity contribution in [3.63, 3.8) is 0 Å². The molecule has 3 heteroatoms. The molecule has 1 N–H and O–H groups in total. The number of rotatable bonds is 3. The van der Waals surface area contributed by atoms with Crippen LogP contribution >= 0.6 is 27.5 Å². The average Bonchev–Trinajstić information content (AvgIpc) is 2.64. The third-order valence-electron chi connectivity index (χ3n) is 4.36. The third-order valence-corrected chi connectivity index (χ3v) is 5.39. The van der Waals surface area contributed by atoms with Crippen LogP contribution in [0.25, 0.3) is 0 Å². The Bertz CT molecular complexity index is 410. The Morgan fingerprint density at radius 1 is 1.44 bits per heavy atom. The summed E-state index contributed by atoms with van der Waals surface area (Å²) in [5, 5.41) is 4.34. The van der Waals surface area contributed by atoms with Crippen LogP contribution in [-0.2, 0) is 0 Å². The van der Waals surface area contributed by atoms with Gasteiger partial charge in [0.1, 0.15) is 0 Å². The zero-order valence-electron chi connectivity index (χ0n) is 11.3. The highest BCUT2D eigenvalue weighted by atomic mass is 79.9. The van der Waals surface area contributed by atoms with E-state index in [9.17, 15) is 0 Å². The minimum Gasteiger partial charge on any atom is -0.313 e. The Labute approximate surface area is 123 Å². The molecule has 1 nitrogen and oxygen atoms in total. The summed E-state index contributed by atoms with van der Waals surface area (Å²) in [5.74, 6) is 0.638. The molecule has 0 heterocycles. The molecule has 2 rings (SSSR count). The number of hydrogen-bond acceptors (Lipinski definition) is 1. The summed E-state index contributed by atoms with van der Waals surface area (Å²) in [6.45, 7) is 4.75. The zero-order chi connectivity index (χ0) is 13.3. The van der Waals surface area contributed by atoms with Crippen LogP contribution in [0.15, 0.2) is 22.7 Å². The van der Waals surface area contributed by atoms with Crippen LogP contribution in [0.4, 0.5) is 0 Å². The number of benzene rings is 1. The van der Waals surface area contributed by atoms with Crippen LogP contribution in [0.3, 0.4) is 0 Å². The van der Waals surface area contributed by atoms with Crippen molar-refractivity contribution < 1.29 is 0 Å². The van der Waals surface area contributed by atoms with Crippen LogP contribution in [0.5, 0.6) is 0 Å². The second kappa shape index (κ2) is 5.52. The van der Waals surface area contributed by atoms with Crippen molar-refractivity contribution in [2.45, 2.75) is 39.2 Å². The van der Waals surface area contributed by atoms with E-state index in [0.29, 0.717) is 17.4 Å². The summed E-state index contributed by atoms with van der Waals surface area (Å²) in [5.41, 5.74) is 1.59. The summed E-state index contributed by atoms with van der Waals surface area (Å²) >= 11 is 10.1. The lowest BCUT2D eigenvalue weighted by Crippen LogP contribution is -2.32. The predicted octanol–water partition coefficient (Wildman–Crippen LogP) is 5.19. The summed E-state index contributed by atoms with van der Waals surface area (Å²) in [7, 11) is 2.04. The SMILES string of the molecule is CNC(c1c(Cl)cccc1Br)C1CCCC1(C)C. The second-order valence-corrected chi connectivity index (χ2v) is 7.15. The quantitative estimate of drug-likeness (QED) is 0.804. The van der Waals surface area contributed by atoms with Crippen molar-refractivity contribution in [1.29, 1.82) is 0 Å². The molecular weight excluding hydrogens is 310 g/mol. The molecule has 0 aliphatic heterocycles. The van der Waals surface area contributed by atoms with Gasteiger partial charge >= 0.3 is 0 Å². The van der Waals surface area contributed by atoms with E-state index >= 15 is 0 Å². The fourth-order valence-corrected chi connectivity index (χ4v) is 4.35. The molecule has 0 saturated heterocycles. The van der Waals surface area contributed by atoms with E-state index in [-0.39, 0.29) is 0 Å². The topological polar surface area (TPSA) is 12.0 Å². The van der Waals surface area contributed by atoms with E-state index in [2.05, 4.69) is 41.2 Å². The van der Waals surface area contributed by atoms with Gasteiger partial charge in [0.15, 0.2) is 0 Å². The average molecular weight is 331 g/mol. The Hall–Kier alpha value is -0.0500. The molecule has 2 atom stereocenters. The van der Waals surface area contributed by atoms with Crippen LogP contribution < -0.4 is 5.32 Å². The molecular formula is C15H21BrClN. The number of halogens is 2. The van der Waals surface area contributed by atoms with Crippen LogP contribution in [-0.4, -0.2) is 7.05 Å². The molecule has 0 aromatic heterocycles. The molecule has 1 aliphatic carbocycles. The van der Waals surface area contributed by atoms with Gasteiger partial charge in [-0.3, -0.25) is 0 Å². The summed E-state index contributed by atoms with van der Waals surface area (Å²) in [6.07, 6.45) is 3.89. The summed E-state index contributed by atoms with van der Waals surface area (Å²) in [4.78, 5) is 0. The lowest BCUT2D eigenvalue weighted by atomic mass is 9.75. The largest absolute Gasteiger partial charge is 0.313 e. The van der Waals surface area contributed by atoms with E-state index in [1.165, 1.54) is 24.8 Å². The molecule has 0 amide bonds. The van der Waals surface area contributed by atoms with Crippen molar-refractivity contribution in [2.75, 3.05) is 7.05 Å². The van der Waals surface area contributed by atoms with Gasteiger partial charge in [0, 0.05) is 21.1 Å². The predicted molar refractivity (Wildman–Crippen MR) is 82.1 cm³/mol. The lowest BCUT2D eigenvalue weighted by molar-refractivity contribution is 0.203. The van der Waals surface area contributed by atoms with E-state index in [0.717, 1.165) is 9.50 Å². The van der Waals surface area contributed by atoms with Gasteiger partial charge < -0.3 is 5.32 Å².